The van der Waals surface area contributed by atoms with Gasteiger partial charge in [-0.1, -0.05) is 59.9 Å². The fraction of sp³-hybridized carbons (Fsp3) is 0.0625. The van der Waals surface area contributed by atoms with Gasteiger partial charge in [-0.15, -0.1) is 0 Å². The van der Waals surface area contributed by atoms with Crippen molar-refractivity contribution in [3.05, 3.63) is 60.7 Å². The van der Waals surface area contributed by atoms with Crippen molar-refractivity contribution in [1.29, 1.82) is 0 Å². The summed E-state index contributed by atoms with van der Waals surface area (Å²) < 4.78 is 1.72. The lowest BCUT2D eigenvalue weighted by atomic mass is 10.2. The van der Waals surface area contributed by atoms with Gasteiger partial charge in [-0.25, -0.2) is 0 Å². The van der Waals surface area contributed by atoms with E-state index in [-0.39, 0.29) is 5.88 Å². The summed E-state index contributed by atoms with van der Waals surface area (Å²) in [5.41, 5.74) is 2.06. The van der Waals surface area contributed by atoms with Crippen molar-refractivity contribution in [3.8, 4) is 26.9 Å². The Labute approximate surface area is 116 Å². The van der Waals surface area contributed by atoms with Crippen LogP contribution in [0, 0.1) is 0 Å². The molecule has 3 aromatic rings. The molecule has 0 N–H and O–H groups in total. The maximum atomic E-state index is 12.3. The van der Waals surface area contributed by atoms with Gasteiger partial charge in [0.15, 0.2) is 5.88 Å². The number of thiazole rings is 1. The van der Waals surface area contributed by atoms with Crippen molar-refractivity contribution in [2.24, 2.45) is 7.05 Å². The van der Waals surface area contributed by atoms with Crippen molar-refractivity contribution in [2.45, 2.75) is 0 Å². The van der Waals surface area contributed by atoms with Crippen LogP contribution in [0.15, 0.2) is 60.7 Å². The average molecular weight is 267 g/mol. The van der Waals surface area contributed by atoms with Crippen molar-refractivity contribution in [2.75, 3.05) is 0 Å². The van der Waals surface area contributed by atoms with Crippen LogP contribution < -0.4 is 9.67 Å². The quantitative estimate of drug-likeness (QED) is 0.656. The van der Waals surface area contributed by atoms with E-state index in [1.165, 1.54) is 0 Å². The first-order chi connectivity index (χ1) is 9.27. The van der Waals surface area contributed by atoms with Crippen molar-refractivity contribution >= 4 is 11.3 Å². The molecule has 2 nitrogen and oxygen atoms in total. The Balaban J connectivity index is 2.16. The molecular formula is C16H13NOS. The minimum Gasteiger partial charge on any atom is -0.822 e. The second kappa shape index (κ2) is 4.86. The predicted molar refractivity (Wildman–Crippen MR) is 75.8 cm³/mol. The van der Waals surface area contributed by atoms with Gasteiger partial charge in [0.2, 0.25) is 0 Å². The molecule has 0 bridgehead atoms. The topological polar surface area (TPSA) is 26.9 Å². The summed E-state index contributed by atoms with van der Waals surface area (Å²) in [6, 6.07) is 19.8. The maximum Gasteiger partial charge on any atom is 0.268 e. The lowest BCUT2D eigenvalue weighted by molar-refractivity contribution is -0.699. The van der Waals surface area contributed by atoms with Gasteiger partial charge < -0.3 is 5.11 Å². The van der Waals surface area contributed by atoms with E-state index in [1.807, 2.05) is 67.7 Å². The summed E-state index contributed by atoms with van der Waals surface area (Å²) in [5.74, 6) is 0.0649. The Kier molecular flexibility index (Phi) is 3.05. The summed E-state index contributed by atoms with van der Waals surface area (Å²) in [4.78, 5) is 0.793. The average Bonchev–Trinajstić information content (AvgIpc) is 2.77. The maximum absolute atomic E-state index is 12.3. The number of rotatable bonds is 2. The van der Waals surface area contributed by atoms with Gasteiger partial charge in [0.05, 0.1) is 10.4 Å². The highest BCUT2D eigenvalue weighted by Gasteiger charge is 2.19. The van der Waals surface area contributed by atoms with Crippen molar-refractivity contribution in [3.63, 3.8) is 0 Å². The first-order valence-electron chi connectivity index (χ1n) is 6.08. The molecule has 0 unspecified atom stereocenters. The van der Waals surface area contributed by atoms with Crippen molar-refractivity contribution in [1.82, 2.24) is 0 Å². The van der Waals surface area contributed by atoms with E-state index in [1.54, 1.807) is 15.9 Å². The molecule has 0 amide bonds. The van der Waals surface area contributed by atoms with Gasteiger partial charge >= 0.3 is 0 Å². The van der Waals surface area contributed by atoms with Crippen LogP contribution in [0.4, 0.5) is 0 Å². The Hall–Kier alpha value is -2.13. The molecule has 1 heterocycles. The second-order valence-corrected chi connectivity index (χ2v) is 5.33. The third-order valence-corrected chi connectivity index (χ3v) is 4.38. The zero-order chi connectivity index (χ0) is 13.2. The summed E-state index contributed by atoms with van der Waals surface area (Å²) in [6.07, 6.45) is 0. The van der Waals surface area contributed by atoms with E-state index in [0.717, 1.165) is 21.0 Å². The molecule has 0 radical (unpaired) electrons. The SMILES string of the molecule is C[n+]1c(-c2ccccc2)sc(-c2ccccc2)c1[O-]. The standard InChI is InChI=1S/C16H13NOS/c1-17-15(18)14(12-8-4-2-5-9-12)19-16(17)13-10-6-3-7-11-13/h2-11H,1H3. The molecule has 19 heavy (non-hydrogen) atoms. The molecule has 2 aromatic carbocycles. The number of aromatic nitrogens is 1. The fourth-order valence-electron chi connectivity index (χ4n) is 2.06. The third-order valence-electron chi connectivity index (χ3n) is 3.06. The van der Waals surface area contributed by atoms with E-state index in [2.05, 4.69) is 0 Å². The smallest absolute Gasteiger partial charge is 0.268 e. The Bertz CT molecular complexity index is 630. The summed E-state index contributed by atoms with van der Waals surface area (Å²) in [5, 5.41) is 13.3. The number of hydrogen-bond acceptors (Lipinski definition) is 2. The second-order valence-electron chi connectivity index (χ2n) is 4.33. The molecule has 0 spiro atoms. The molecule has 0 aliphatic carbocycles. The molecule has 0 saturated heterocycles. The highest BCUT2D eigenvalue weighted by atomic mass is 32.1. The van der Waals surface area contributed by atoms with Gasteiger partial charge in [-0.2, -0.15) is 4.57 Å². The molecule has 0 fully saturated rings. The summed E-state index contributed by atoms with van der Waals surface area (Å²) in [6.45, 7) is 0. The van der Waals surface area contributed by atoms with Gasteiger partial charge in [-0.05, 0) is 17.7 Å². The van der Waals surface area contributed by atoms with Gasteiger partial charge in [0, 0.05) is 0 Å². The minimum atomic E-state index is 0.0649. The largest absolute Gasteiger partial charge is 0.822 e. The normalized spacial score (nSPS) is 10.6. The molecule has 3 heteroatoms. The first-order valence-corrected chi connectivity index (χ1v) is 6.89. The van der Waals surface area contributed by atoms with Crippen LogP contribution in [0.25, 0.3) is 21.0 Å². The van der Waals surface area contributed by atoms with Gasteiger partial charge in [-0.3, -0.25) is 0 Å². The number of nitrogens with zero attached hydrogens (tertiary/aromatic N) is 1. The summed E-state index contributed by atoms with van der Waals surface area (Å²) in [7, 11) is 1.83. The number of hydrogen-bond donors (Lipinski definition) is 0. The van der Waals surface area contributed by atoms with E-state index < -0.39 is 0 Å². The molecule has 0 aliphatic heterocycles. The van der Waals surface area contributed by atoms with Crippen LogP contribution in [0.2, 0.25) is 0 Å². The van der Waals surface area contributed by atoms with Gasteiger partial charge in [0.1, 0.15) is 7.05 Å². The van der Waals surface area contributed by atoms with Crippen molar-refractivity contribution < 1.29 is 9.67 Å². The Morgan fingerprint density at radius 3 is 1.95 bits per heavy atom. The van der Waals surface area contributed by atoms with Crippen LogP contribution in [-0.2, 0) is 7.05 Å². The zero-order valence-corrected chi connectivity index (χ0v) is 11.4. The molecule has 0 atom stereocenters. The van der Waals surface area contributed by atoms with Crippen LogP contribution in [0.3, 0.4) is 0 Å². The van der Waals surface area contributed by atoms with E-state index in [4.69, 9.17) is 0 Å². The highest BCUT2D eigenvalue weighted by Crippen LogP contribution is 2.35. The zero-order valence-electron chi connectivity index (χ0n) is 10.5. The molecule has 1 aromatic heterocycles. The van der Waals surface area contributed by atoms with E-state index in [9.17, 15) is 5.11 Å². The minimum absolute atomic E-state index is 0.0649. The van der Waals surface area contributed by atoms with Crippen LogP contribution >= 0.6 is 11.3 Å². The lowest BCUT2D eigenvalue weighted by Crippen LogP contribution is -2.31. The highest BCUT2D eigenvalue weighted by molar-refractivity contribution is 7.18. The Morgan fingerprint density at radius 2 is 1.37 bits per heavy atom. The monoisotopic (exact) mass is 267 g/mol. The van der Waals surface area contributed by atoms with Crippen LogP contribution in [0.5, 0.6) is 5.88 Å². The fourth-order valence-corrected chi connectivity index (χ4v) is 3.20. The van der Waals surface area contributed by atoms with E-state index >= 15 is 0 Å². The lowest BCUT2D eigenvalue weighted by Gasteiger charge is -2.01. The summed E-state index contributed by atoms with van der Waals surface area (Å²) >= 11 is 1.54. The molecular weight excluding hydrogens is 254 g/mol. The van der Waals surface area contributed by atoms with E-state index in [0.29, 0.717) is 0 Å². The van der Waals surface area contributed by atoms with Crippen LogP contribution in [0.1, 0.15) is 0 Å². The van der Waals surface area contributed by atoms with Crippen LogP contribution in [-0.4, -0.2) is 0 Å². The molecule has 94 valence electrons. The predicted octanol–water partition coefficient (Wildman–Crippen LogP) is 2.98. The molecule has 0 aliphatic rings. The van der Waals surface area contributed by atoms with Gasteiger partial charge in [0.25, 0.3) is 5.01 Å². The first kappa shape index (κ1) is 11.9. The molecule has 3 rings (SSSR count). The number of benzene rings is 2. The Morgan fingerprint density at radius 1 is 0.842 bits per heavy atom. The third kappa shape index (κ3) is 2.13. The molecule has 0 saturated carbocycles.